The third-order valence-electron chi connectivity index (χ3n) is 13.9. The highest BCUT2D eigenvalue weighted by atomic mass is 32.2. The van der Waals surface area contributed by atoms with Crippen molar-refractivity contribution in [3.63, 3.8) is 0 Å². The predicted octanol–water partition coefficient (Wildman–Crippen LogP) is 12.7. The molecule has 0 aromatic carbocycles. The Labute approximate surface area is 337 Å². The second-order valence-corrected chi connectivity index (χ2v) is 20.2. The molecule has 0 aromatic heterocycles. The van der Waals surface area contributed by atoms with Gasteiger partial charge in [0.15, 0.2) is 0 Å². The number of carbonyl (C=O) groups excluding carboxylic acids is 3. The fourth-order valence-corrected chi connectivity index (χ4v) is 13.4. The van der Waals surface area contributed by atoms with Crippen LogP contribution in [0.1, 0.15) is 193 Å². The number of hydrogen-bond acceptors (Lipinski definition) is 7. The summed E-state index contributed by atoms with van der Waals surface area (Å²) in [6.45, 7) is 0. The SMILES string of the molecule is O=C(CCCCCSCC1CCCC2CCCC3=C2C(CCC3)CCC(=O)O1)CCCCCSCC1CCCC2CCCC3=C2C(CCC3)CCC(=O)O1. The van der Waals surface area contributed by atoms with E-state index in [4.69, 9.17) is 9.47 Å². The zero-order valence-corrected chi connectivity index (χ0v) is 35.5. The first-order valence-electron chi connectivity index (χ1n) is 23.0. The molecule has 0 amide bonds. The lowest BCUT2D eigenvalue weighted by molar-refractivity contribution is -0.149. The number of carbonyl (C=O) groups is 3. The van der Waals surface area contributed by atoms with Crippen molar-refractivity contribution in [1.82, 2.24) is 0 Å². The molecule has 2 aliphatic heterocycles. The quantitative estimate of drug-likeness (QED) is 0.0877. The van der Waals surface area contributed by atoms with Crippen LogP contribution in [0, 0.1) is 23.7 Å². The number of esters is 2. The van der Waals surface area contributed by atoms with Gasteiger partial charge in [0.1, 0.15) is 18.0 Å². The van der Waals surface area contributed by atoms with Gasteiger partial charge in [-0.2, -0.15) is 23.5 Å². The van der Waals surface area contributed by atoms with Gasteiger partial charge in [0.25, 0.3) is 0 Å². The number of cyclic esters (lactones) is 2. The zero-order chi connectivity index (χ0) is 37.4. The van der Waals surface area contributed by atoms with Gasteiger partial charge in [0.2, 0.25) is 0 Å². The fraction of sp³-hybridized carbons (Fsp3) is 0.851. The molecule has 2 heterocycles. The zero-order valence-electron chi connectivity index (χ0n) is 33.9. The van der Waals surface area contributed by atoms with E-state index in [1.807, 2.05) is 23.5 Å². The molecule has 0 bridgehead atoms. The van der Waals surface area contributed by atoms with Gasteiger partial charge >= 0.3 is 11.9 Å². The number of ketones is 1. The van der Waals surface area contributed by atoms with Crippen LogP contribution in [0.15, 0.2) is 22.3 Å². The minimum Gasteiger partial charge on any atom is -0.461 e. The molecule has 6 rings (SSSR count). The third kappa shape index (κ3) is 13.4. The first-order chi connectivity index (χ1) is 26.5. The summed E-state index contributed by atoms with van der Waals surface area (Å²) in [6.07, 6.45) is 33.9. The standard InChI is InChI=1S/C47H74O5S2/c48-41(23-3-1-5-31-53-33-42-25-11-21-37-15-7-13-35-17-9-19-39(46(35)37)27-29-44(49)51-42)24-4-2-6-32-54-34-43-26-12-22-38-16-8-14-36-18-10-20-40(47(36)38)28-30-45(50)52-43/h37-40,42-43H,1-34H2. The normalized spacial score (nSPS) is 29.9. The molecule has 4 aliphatic carbocycles. The summed E-state index contributed by atoms with van der Waals surface area (Å²) in [5, 5.41) is 0. The molecular formula is C47H74O5S2. The van der Waals surface area contributed by atoms with Crippen molar-refractivity contribution in [2.75, 3.05) is 23.0 Å². The van der Waals surface area contributed by atoms with Gasteiger partial charge in [-0.1, -0.05) is 35.1 Å². The van der Waals surface area contributed by atoms with Crippen molar-refractivity contribution in [2.24, 2.45) is 23.7 Å². The Morgan fingerprint density at radius 2 is 0.852 bits per heavy atom. The number of unbranched alkanes of at least 4 members (excludes halogenated alkanes) is 4. The average molecular weight is 783 g/mol. The third-order valence-corrected chi connectivity index (χ3v) is 16.3. The number of ether oxygens (including phenoxy) is 2. The smallest absolute Gasteiger partial charge is 0.306 e. The van der Waals surface area contributed by atoms with E-state index in [0.717, 1.165) is 99.1 Å². The maximum absolute atomic E-state index is 12.8. The highest BCUT2D eigenvalue weighted by Crippen LogP contribution is 2.47. The lowest BCUT2D eigenvalue weighted by atomic mass is 9.68. The first kappa shape index (κ1) is 42.4. The molecule has 0 radical (unpaired) electrons. The maximum Gasteiger partial charge on any atom is 0.306 e. The van der Waals surface area contributed by atoms with Crippen LogP contribution in [-0.2, 0) is 23.9 Å². The summed E-state index contributed by atoms with van der Waals surface area (Å²) in [4.78, 5) is 38.2. The molecule has 304 valence electrons. The summed E-state index contributed by atoms with van der Waals surface area (Å²) in [6, 6.07) is 0. The summed E-state index contributed by atoms with van der Waals surface area (Å²) >= 11 is 3.87. The van der Waals surface area contributed by atoms with E-state index in [1.165, 1.54) is 103 Å². The number of allylic oxidation sites excluding steroid dienone is 4. The van der Waals surface area contributed by atoms with Crippen molar-refractivity contribution in [2.45, 2.75) is 205 Å². The number of Topliss-reactive ketones (excluding diaryl/α,β-unsaturated/α-hetero) is 1. The topological polar surface area (TPSA) is 69.7 Å². The molecule has 0 spiro atoms. The van der Waals surface area contributed by atoms with E-state index < -0.39 is 0 Å². The van der Waals surface area contributed by atoms with Gasteiger partial charge in [-0.05, 0) is 189 Å². The average Bonchev–Trinajstić information content (AvgIpc) is 3.22. The van der Waals surface area contributed by atoms with Gasteiger partial charge in [-0.3, -0.25) is 14.4 Å². The molecule has 54 heavy (non-hydrogen) atoms. The minimum atomic E-state index is 0.0234. The van der Waals surface area contributed by atoms with E-state index in [-0.39, 0.29) is 24.1 Å². The molecule has 0 saturated carbocycles. The van der Waals surface area contributed by atoms with Gasteiger partial charge in [-0.25, -0.2) is 0 Å². The number of rotatable bonds is 16. The van der Waals surface area contributed by atoms with Crippen LogP contribution in [0.2, 0.25) is 0 Å². The lowest BCUT2D eigenvalue weighted by Crippen LogP contribution is -2.23. The van der Waals surface area contributed by atoms with Gasteiger partial charge in [0, 0.05) is 37.2 Å². The van der Waals surface area contributed by atoms with Crippen LogP contribution >= 0.6 is 23.5 Å². The van der Waals surface area contributed by atoms with Crippen molar-refractivity contribution in [3.05, 3.63) is 22.3 Å². The number of thioether (sulfide) groups is 2. The van der Waals surface area contributed by atoms with E-state index in [1.54, 1.807) is 22.3 Å². The van der Waals surface area contributed by atoms with Gasteiger partial charge < -0.3 is 9.47 Å². The largest absolute Gasteiger partial charge is 0.461 e. The molecular weight excluding hydrogens is 709 g/mol. The molecule has 6 atom stereocenters. The van der Waals surface area contributed by atoms with E-state index in [0.29, 0.717) is 43.3 Å². The molecule has 2 fully saturated rings. The van der Waals surface area contributed by atoms with Crippen molar-refractivity contribution < 1.29 is 23.9 Å². The molecule has 0 aromatic rings. The Hall–Kier alpha value is -1.21. The van der Waals surface area contributed by atoms with Crippen molar-refractivity contribution in [1.29, 1.82) is 0 Å². The Morgan fingerprint density at radius 3 is 1.28 bits per heavy atom. The van der Waals surface area contributed by atoms with E-state index in [9.17, 15) is 14.4 Å². The van der Waals surface area contributed by atoms with Crippen LogP contribution in [0.4, 0.5) is 0 Å². The summed E-state index contributed by atoms with van der Waals surface area (Å²) in [7, 11) is 0. The monoisotopic (exact) mass is 782 g/mol. The van der Waals surface area contributed by atoms with Crippen LogP contribution in [0.25, 0.3) is 0 Å². The Kier molecular flexibility index (Phi) is 18.3. The number of hydrogen-bond donors (Lipinski definition) is 0. The van der Waals surface area contributed by atoms with Crippen molar-refractivity contribution >= 4 is 41.2 Å². The summed E-state index contributed by atoms with van der Waals surface area (Å²) in [5.74, 6) is 7.25. The van der Waals surface area contributed by atoms with Crippen molar-refractivity contribution in [3.8, 4) is 0 Å². The molecule has 0 N–H and O–H groups in total. The van der Waals surface area contributed by atoms with Crippen LogP contribution in [-0.4, -0.2) is 52.9 Å². The van der Waals surface area contributed by atoms with Crippen LogP contribution in [0.5, 0.6) is 0 Å². The summed E-state index contributed by atoms with van der Waals surface area (Å²) < 4.78 is 12.1. The molecule has 5 nitrogen and oxygen atoms in total. The maximum atomic E-state index is 12.8. The fourth-order valence-electron chi connectivity index (χ4n) is 11.3. The highest BCUT2D eigenvalue weighted by Gasteiger charge is 2.34. The molecule has 6 aliphatic rings. The molecule has 7 heteroatoms. The Morgan fingerprint density at radius 1 is 0.463 bits per heavy atom. The lowest BCUT2D eigenvalue weighted by Gasteiger charge is -2.37. The second kappa shape index (κ2) is 23.3. The summed E-state index contributed by atoms with van der Waals surface area (Å²) in [5.41, 5.74) is 7.09. The van der Waals surface area contributed by atoms with Gasteiger partial charge in [-0.15, -0.1) is 0 Å². The predicted molar refractivity (Wildman–Crippen MR) is 226 cm³/mol. The second-order valence-electron chi connectivity index (χ2n) is 17.9. The molecule has 2 saturated heterocycles. The Bertz CT molecular complexity index is 1170. The Balaban J connectivity index is 0.771. The van der Waals surface area contributed by atoms with Gasteiger partial charge in [0.05, 0.1) is 0 Å². The highest BCUT2D eigenvalue weighted by molar-refractivity contribution is 7.99. The minimum absolute atomic E-state index is 0.0234. The van der Waals surface area contributed by atoms with E-state index >= 15 is 0 Å². The van der Waals surface area contributed by atoms with Crippen LogP contribution in [0.3, 0.4) is 0 Å². The van der Waals surface area contributed by atoms with Crippen LogP contribution < -0.4 is 0 Å². The molecule has 6 unspecified atom stereocenters. The van der Waals surface area contributed by atoms with E-state index in [2.05, 4.69) is 0 Å². The first-order valence-corrected chi connectivity index (χ1v) is 25.3.